The highest BCUT2D eigenvalue weighted by atomic mass is 16.5. The summed E-state index contributed by atoms with van der Waals surface area (Å²) in [6.45, 7) is 2.13. The van der Waals surface area contributed by atoms with Crippen LogP contribution in [0, 0.1) is 0 Å². The number of benzene rings is 1. The van der Waals surface area contributed by atoms with E-state index in [-0.39, 0.29) is 5.97 Å². The molecule has 1 N–H and O–H groups in total. The number of hydrogen-bond acceptors (Lipinski definition) is 4. The van der Waals surface area contributed by atoms with E-state index in [1.807, 2.05) is 24.3 Å². The van der Waals surface area contributed by atoms with Gasteiger partial charge in [0.05, 0.1) is 12.9 Å². The Kier molecular flexibility index (Phi) is 3.00. The summed E-state index contributed by atoms with van der Waals surface area (Å²) >= 11 is 0. The predicted molar refractivity (Wildman–Crippen MR) is 61.8 cm³/mol. The fraction of sp³-hybridized carbons (Fsp3) is 0.167. The molecule has 0 saturated heterocycles. The number of nitrogens with zero attached hydrogens (tertiary/aromatic N) is 1. The Labute approximate surface area is 93.0 Å². The van der Waals surface area contributed by atoms with Gasteiger partial charge in [0.1, 0.15) is 5.70 Å². The molecule has 0 saturated carbocycles. The van der Waals surface area contributed by atoms with Gasteiger partial charge in [-0.1, -0.05) is 24.3 Å². The van der Waals surface area contributed by atoms with Gasteiger partial charge in [-0.15, -0.1) is 0 Å². The van der Waals surface area contributed by atoms with Gasteiger partial charge in [0.2, 0.25) is 0 Å². The van der Waals surface area contributed by atoms with Crippen molar-refractivity contribution in [3.63, 3.8) is 0 Å². The van der Waals surface area contributed by atoms with E-state index in [0.717, 1.165) is 10.4 Å². The van der Waals surface area contributed by atoms with Gasteiger partial charge >= 0.3 is 5.97 Å². The Morgan fingerprint density at radius 1 is 1.44 bits per heavy atom. The third kappa shape index (κ3) is 1.95. The largest absolute Gasteiger partial charge is 0.461 e. The molecule has 0 bridgehead atoms. The Bertz CT molecular complexity index is 546. The molecule has 0 fully saturated rings. The molecule has 4 nitrogen and oxygen atoms in total. The maximum atomic E-state index is 11.7. The second kappa shape index (κ2) is 4.61. The predicted octanol–water partition coefficient (Wildman–Crippen LogP) is -0.273. The van der Waals surface area contributed by atoms with Gasteiger partial charge in [-0.05, 0) is 6.92 Å². The van der Waals surface area contributed by atoms with Crippen LogP contribution in [0.5, 0.6) is 0 Å². The maximum Gasteiger partial charge on any atom is 0.355 e. The second-order valence-corrected chi connectivity index (χ2v) is 3.23. The lowest BCUT2D eigenvalue weighted by atomic mass is 10.2. The Morgan fingerprint density at radius 3 is 3.06 bits per heavy atom. The van der Waals surface area contributed by atoms with Gasteiger partial charge in [-0.2, -0.15) is 0 Å². The number of ether oxygens (including phenoxy) is 1. The van der Waals surface area contributed by atoms with Gasteiger partial charge in [-0.25, -0.2) is 9.79 Å². The summed E-state index contributed by atoms with van der Waals surface area (Å²) in [6, 6.07) is 7.54. The first kappa shape index (κ1) is 10.4. The first-order chi connectivity index (χ1) is 7.83. The summed E-state index contributed by atoms with van der Waals surface area (Å²) in [5.74, 6) is -0.364. The highest BCUT2D eigenvalue weighted by Gasteiger charge is 2.11. The third-order valence-corrected chi connectivity index (χ3v) is 2.21. The van der Waals surface area contributed by atoms with E-state index in [1.165, 1.54) is 6.34 Å². The van der Waals surface area contributed by atoms with Crippen molar-refractivity contribution in [2.45, 2.75) is 6.92 Å². The van der Waals surface area contributed by atoms with Crippen LogP contribution in [0.15, 0.2) is 29.3 Å². The lowest BCUT2D eigenvalue weighted by Gasteiger charge is -2.05. The number of carbonyl (C=O) groups excluding carboxylic acids is 1. The fourth-order valence-electron chi connectivity index (χ4n) is 1.51. The summed E-state index contributed by atoms with van der Waals surface area (Å²) in [4.78, 5) is 15.7. The van der Waals surface area contributed by atoms with Crippen LogP contribution in [-0.4, -0.2) is 18.9 Å². The van der Waals surface area contributed by atoms with Crippen LogP contribution in [0.3, 0.4) is 0 Å². The standard InChI is InChI=1S/C12H12N2O2/c1-2-16-12(15)11-10-6-4-3-5-9(10)7-13-8-14-11/h3-8H,2H2,1H3,(H,13,14). The van der Waals surface area contributed by atoms with Crippen LogP contribution in [-0.2, 0) is 9.53 Å². The van der Waals surface area contributed by atoms with Gasteiger partial charge in [0.25, 0.3) is 0 Å². The molecule has 1 heterocycles. The molecule has 4 heteroatoms. The fourth-order valence-corrected chi connectivity index (χ4v) is 1.51. The molecule has 0 spiro atoms. The summed E-state index contributed by atoms with van der Waals surface area (Å²) in [5, 5.41) is 4.54. The zero-order chi connectivity index (χ0) is 11.4. The molecular weight excluding hydrogens is 204 g/mol. The van der Waals surface area contributed by atoms with Gasteiger partial charge < -0.3 is 10.1 Å². The maximum absolute atomic E-state index is 11.7. The molecule has 0 radical (unpaired) electrons. The lowest BCUT2D eigenvalue weighted by molar-refractivity contribution is -0.136. The van der Waals surface area contributed by atoms with E-state index in [0.29, 0.717) is 12.3 Å². The molecule has 16 heavy (non-hydrogen) atoms. The summed E-state index contributed by atoms with van der Waals surface area (Å²) in [6.07, 6.45) is 3.18. The van der Waals surface area contributed by atoms with Crippen molar-refractivity contribution in [1.82, 2.24) is 5.32 Å². The molecule has 0 aromatic heterocycles. The van der Waals surface area contributed by atoms with Crippen molar-refractivity contribution in [2.75, 3.05) is 6.61 Å². The molecule has 0 atom stereocenters. The Morgan fingerprint density at radius 2 is 2.25 bits per heavy atom. The van der Waals surface area contributed by atoms with Crippen LogP contribution in [0.25, 0.3) is 11.9 Å². The molecule has 0 unspecified atom stereocenters. The zero-order valence-electron chi connectivity index (χ0n) is 8.93. The number of rotatable bonds is 2. The monoisotopic (exact) mass is 216 g/mol. The SMILES string of the molecule is CCOC(=O)C1=c2ccccc2=CN=CN1. The third-order valence-electron chi connectivity index (χ3n) is 2.21. The molecule has 1 aromatic carbocycles. The van der Waals surface area contributed by atoms with E-state index in [9.17, 15) is 4.79 Å². The minimum Gasteiger partial charge on any atom is -0.461 e. The van der Waals surface area contributed by atoms with Crippen LogP contribution >= 0.6 is 0 Å². The summed E-state index contributed by atoms with van der Waals surface area (Å²) in [5.41, 5.74) is 0.426. The smallest absolute Gasteiger partial charge is 0.355 e. The van der Waals surface area contributed by atoms with E-state index in [4.69, 9.17) is 4.74 Å². The van der Waals surface area contributed by atoms with Crippen molar-refractivity contribution in [3.8, 4) is 0 Å². The average molecular weight is 216 g/mol. The topological polar surface area (TPSA) is 50.7 Å². The number of carbonyl (C=O) groups is 1. The molecule has 1 aliphatic rings. The molecule has 1 aromatic rings. The molecule has 0 amide bonds. The van der Waals surface area contributed by atoms with Crippen LogP contribution in [0.2, 0.25) is 0 Å². The Hall–Kier alpha value is -2.10. The minimum atomic E-state index is -0.364. The molecule has 1 aliphatic heterocycles. The van der Waals surface area contributed by atoms with Gasteiger partial charge in [-0.3, -0.25) is 0 Å². The number of hydrogen-bond donors (Lipinski definition) is 1. The van der Waals surface area contributed by atoms with E-state index in [1.54, 1.807) is 13.1 Å². The normalized spacial score (nSPS) is 13.2. The number of fused-ring (bicyclic) bond motifs is 1. The van der Waals surface area contributed by atoms with Crippen molar-refractivity contribution >= 4 is 24.2 Å². The highest BCUT2D eigenvalue weighted by molar-refractivity contribution is 6.11. The molecule has 82 valence electrons. The van der Waals surface area contributed by atoms with Crippen molar-refractivity contribution in [3.05, 3.63) is 34.7 Å². The van der Waals surface area contributed by atoms with Gasteiger partial charge in [0, 0.05) is 16.6 Å². The summed E-state index contributed by atoms with van der Waals surface area (Å²) < 4.78 is 4.98. The molecular formula is C12H12N2O2. The van der Waals surface area contributed by atoms with Crippen molar-refractivity contribution < 1.29 is 9.53 Å². The van der Waals surface area contributed by atoms with Gasteiger partial charge in [0.15, 0.2) is 0 Å². The summed E-state index contributed by atoms with van der Waals surface area (Å²) in [7, 11) is 0. The van der Waals surface area contributed by atoms with Crippen LogP contribution in [0.1, 0.15) is 6.92 Å². The highest BCUT2D eigenvalue weighted by Crippen LogP contribution is 1.92. The number of esters is 1. The molecule has 0 aliphatic carbocycles. The van der Waals surface area contributed by atoms with Crippen molar-refractivity contribution in [1.29, 1.82) is 0 Å². The minimum absolute atomic E-state index is 0.354. The lowest BCUT2D eigenvalue weighted by Crippen LogP contribution is -2.34. The Balaban J connectivity index is 2.62. The second-order valence-electron chi connectivity index (χ2n) is 3.23. The van der Waals surface area contributed by atoms with Crippen molar-refractivity contribution in [2.24, 2.45) is 4.99 Å². The van der Waals surface area contributed by atoms with E-state index in [2.05, 4.69) is 10.3 Å². The van der Waals surface area contributed by atoms with Crippen LogP contribution < -0.4 is 15.8 Å². The number of nitrogens with one attached hydrogen (secondary N) is 1. The first-order valence-electron chi connectivity index (χ1n) is 5.08. The van der Waals surface area contributed by atoms with E-state index < -0.39 is 0 Å². The number of aliphatic imine (C=N–C) groups is 1. The average Bonchev–Trinajstić information content (AvgIpc) is 2.51. The van der Waals surface area contributed by atoms with E-state index >= 15 is 0 Å². The zero-order valence-corrected chi connectivity index (χ0v) is 8.93. The first-order valence-corrected chi connectivity index (χ1v) is 5.08. The molecule has 2 rings (SSSR count). The van der Waals surface area contributed by atoms with Crippen LogP contribution in [0.4, 0.5) is 0 Å². The quantitative estimate of drug-likeness (QED) is 0.692.